The van der Waals surface area contributed by atoms with E-state index >= 15 is 0 Å². The lowest BCUT2D eigenvalue weighted by Gasteiger charge is -2.00. The summed E-state index contributed by atoms with van der Waals surface area (Å²) in [4.78, 5) is 12.0. The second-order valence-electron chi connectivity index (χ2n) is 3.96. The fraction of sp³-hybridized carbons (Fsp3) is 0. The summed E-state index contributed by atoms with van der Waals surface area (Å²) >= 11 is 12.7. The third kappa shape index (κ3) is 2.87. The van der Waals surface area contributed by atoms with Crippen LogP contribution in [0.1, 0.15) is 5.69 Å². The number of H-pyrrole nitrogens is 1. The molecule has 0 fully saturated rings. The molecule has 0 spiro atoms. The Balaban J connectivity index is 1.79. The van der Waals surface area contributed by atoms with Crippen LogP contribution in [-0.4, -0.2) is 19.9 Å². The maximum Gasteiger partial charge on any atom is 0.188 e. The molecule has 0 radical (unpaired) electrons. The Morgan fingerprint density at radius 1 is 1.40 bits per heavy atom. The van der Waals surface area contributed by atoms with Gasteiger partial charge in [-0.2, -0.15) is 0 Å². The van der Waals surface area contributed by atoms with Crippen LogP contribution >= 0.6 is 35.2 Å². The smallest absolute Gasteiger partial charge is 0.188 e. The molecule has 3 rings (SSSR count). The number of thiazole rings is 1. The van der Waals surface area contributed by atoms with Crippen LogP contribution in [0, 0.1) is 0 Å². The van der Waals surface area contributed by atoms with Gasteiger partial charge in [0.2, 0.25) is 0 Å². The highest BCUT2D eigenvalue weighted by Crippen LogP contribution is 2.26. The number of anilines is 1. The second kappa shape index (κ2) is 5.70. The van der Waals surface area contributed by atoms with Gasteiger partial charge >= 0.3 is 0 Å². The number of hydrogen-bond donors (Lipinski definition) is 2. The van der Waals surface area contributed by atoms with Crippen LogP contribution in [-0.2, 0) is 0 Å². The minimum Gasteiger partial charge on any atom is -0.350 e. The molecule has 0 amide bonds. The minimum absolute atomic E-state index is 0.540. The Hall–Kier alpha value is -1.76. The molecule has 0 aliphatic heterocycles. The summed E-state index contributed by atoms with van der Waals surface area (Å²) in [7, 11) is 0. The molecule has 0 saturated heterocycles. The molecule has 0 aliphatic rings. The highest BCUT2D eigenvalue weighted by Gasteiger charge is 2.08. The van der Waals surface area contributed by atoms with Crippen molar-refractivity contribution in [3.8, 4) is 11.3 Å². The van der Waals surface area contributed by atoms with E-state index in [2.05, 4.69) is 20.3 Å². The lowest BCUT2D eigenvalue weighted by molar-refractivity contribution is 1.31. The second-order valence-corrected chi connectivity index (χ2v) is 5.66. The molecule has 0 aliphatic carbocycles. The van der Waals surface area contributed by atoms with Crippen LogP contribution in [0.25, 0.3) is 11.3 Å². The zero-order chi connectivity index (χ0) is 13.9. The summed E-state index contributed by atoms with van der Waals surface area (Å²) in [6.07, 6.45) is 3.32. The first-order valence-electron chi connectivity index (χ1n) is 5.74. The topological polar surface area (TPSA) is 53.6 Å². The monoisotopic (exact) mass is 320 g/mol. The molecule has 0 unspecified atom stereocenters. The van der Waals surface area contributed by atoms with Gasteiger partial charge in [0, 0.05) is 22.2 Å². The highest BCUT2D eigenvalue weighted by molar-refractivity contribution is 7.81. The van der Waals surface area contributed by atoms with E-state index in [4.69, 9.17) is 23.8 Å². The van der Waals surface area contributed by atoms with Gasteiger partial charge in [-0.25, -0.2) is 9.97 Å². The van der Waals surface area contributed by atoms with Crippen molar-refractivity contribution in [1.29, 1.82) is 0 Å². The molecule has 3 aromatic rings. The summed E-state index contributed by atoms with van der Waals surface area (Å²) in [6.45, 7) is 0. The van der Waals surface area contributed by atoms with E-state index in [1.165, 1.54) is 11.3 Å². The largest absolute Gasteiger partial charge is 0.350 e. The predicted molar refractivity (Wildman–Crippen MR) is 86.5 cm³/mol. The van der Waals surface area contributed by atoms with Crippen LogP contribution in [0.4, 0.5) is 5.13 Å². The number of nitrogens with zero attached hydrogens (tertiary/aromatic N) is 2. The average Bonchev–Trinajstić information content (AvgIpc) is 3.10. The zero-order valence-electron chi connectivity index (χ0n) is 10.1. The van der Waals surface area contributed by atoms with Crippen molar-refractivity contribution in [3.63, 3.8) is 0 Å². The van der Waals surface area contributed by atoms with E-state index in [9.17, 15) is 0 Å². The van der Waals surface area contributed by atoms with Crippen LogP contribution < -0.4 is 5.32 Å². The lowest BCUT2D eigenvalue weighted by atomic mass is 10.2. The third-order valence-corrected chi connectivity index (χ3v) is 3.88. The summed E-state index contributed by atoms with van der Waals surface area (Å²) in [5.74, 6) is 0. The van der Waals surface area contributed by atoms with Crippen molar-refractivity contribution < 1.29 is 0 Å². The molecule has 0 atom stereocenters. The van der Waals surface area contributed by atoms with Gasteiger partial charge in [0.25, 0.3) is 0 Å². The maximum absolute atomic E-state index is 5.98. The molecule has 2 aromatic heterocycles. The Morgan fingerprint density at radius 3 is 3.05 bits per heavy atom. The molecule has 20 heavy (non-hydrogen) atoms. The number of aromatic nitrogens is 3. The number of imidazole rings is 1. The first-order valence-corrected chi connectivity index (χ1v) is 7.40. The molecular formula is C13H9ClN4S2. The Bertz CT molecular complexity index is 736. The van der Waals surface area contributed by atoms with E-state index in [1.54, 1.807) is 12.5 Å². The molecule has 4 nitrogen and oxygen atoms in total. The van der Waals surface area contributed by atoms with Gasteiger partial charge in [0.1, 0.15) is 10.7 Å². The fourth-order valence-corrected chi connectivity index (χ4v) is 2.84. The number of rotatable bonds is 3. The lowest BCUT2D eigenvalue weighted by Crippen LogP contribution is -2.10. The third-order valence-electron chi connectivity index (χ3n) is 2.58. The predicted octanol–water partition coefficient (Wildman–Crippen LogP) is 3.97. The number of halogens is 1. The Labute approximate surface area is 129 Å². The van der Waals surface area contributed by atoms with Crippen molar-refractivity contribution in [3.05, 3.63) is 52.9 Å². The SMILES string of the molecule is S=C(Nc1nc(-c2cccc(Cl)c2)cs1)c1c[nH]cn1. The van der Waals surface area contributed by atoms with Gasteiger partial charge in [-0.15, -0.1) is 11.3 Å². The number of thiocarbonyl (C=S) groups is 1. The van der Waals surface area contributed by atoms with Gasteiger partial charge in [0.15, 0.2) is 5.13 Å². The van der Waals surface area contributed by atoms with Crippen molar-refractivity contribution in [2.24, 2.45) is 0 Å². The molecule has 2 N–H and O–H groups in total. The van der Waals surface area contributed by atoms with E-state index < -0.39 is 0 Å². The van der Waals surface area contributed by atoms with Crippen molar-refractivity contribution >= 4 is 45.3 Å². The van der Waals surface area contributed by atoms with E-state index in [1.807, 2.05) is 29.6 Å². The molecule has 100 valence electrons. The standard InChI is InChI=1S/C13H9ClN4S2/c14-9-3-1-2-8(4-9)11-6-20-13(17-11)18-12(19)10-5-15-7-16-10/h1-7H,(H,15,16)(H,17,18,19). The first kappa shape index (κ1) is 13.2. The molecular weight excluding hydrogens is 312 g/mol. The summed E-state index contributed by atoms with van der Waals surface area (Å²) in [6, 6.07) is 7.59. The van der Waals surface area contributed by atoms with E-state index in [-0.39, 0.29) is 0 Å². The highest BCUT2D eigenvalue weighted by atomic mass is 35.5. The van der Waals surface area contributed by atoms with Crippen LogP contribution in [0.3, 0.4) is 0 Å². The Kier molecular flexibility index (Phi) is 3.77. The number of aromatic amines is 1. The average molecular weight is 321 g/mol. The van der Waals surface area contributed by atoms with Crippen molar-refractivity contribution in [1.82, 2.24) is 15.0 Å². The van der Waals surface area contributed by atoms with Crippen LogP contribution in [0.5, 0.6) is 0 Å². The normalized spacial score (nSPS) is 10.4. The first-order chi connectivity index (χ1) is 9.72. The molecule has 0 saturated carbocycles. The van der Waals surface area contributed by atoms with Crippen LogP contribution in [0.15, 0.2) is 42.2 Å². The van der Waals surface area contributed by atoms with E-state index in [0.29, 0.717) is 15.7 Å². The molecule has 7 heteroatoms. The minimum atomic E-state index is 0.540. The van der Waals surface area contributed by atoms with Gasteiger partial charge < -0.3 is 10.3 Å². The number of nitrogens with one attached hydrogen (secondary N) is 2. The Morgan fingerprint density at radius 2 is 2.30 bits per heavy atom. The van der Waals surface area contributed by atoms with Gasteiger partial charge in [0.05, 0.1) is 12.0 Å². The van der Waals surface area contributed by atoms with Crippen LogP contribution in [0.2, 0.25) is 5.02 Å². The number of benzene rings is 1. The quantitative estimate of drug-likeness (QED) is 0.717. The van der Waals surface area contributed by atoms with Crippen molar-refractivity contribution in [2.75, 3.05) is 5.32 Å². The summed E-state index contributed by atoms with van der Waals surface area (Å²) in [5, 5.41) is 6.45. The van der Waals surface area contributed by atoms with E-state index in [0.717, 1.165) is 16.4 Å². The fourth-order valence-electron chi connectivity index (χ4n) is 1.66. The van der Waals surface area contributed by atoms with Crippen molar-refractivity contribution in [2.45, 2.75) is 0 Å². The molecule has 1 aromatic carbocycles. The summed E-state index contributed by atoms with van der Waals surface area (Å²) in [5.41, 5.74) is 2.54. The van der Waals surface area contributed by atoms with Gasteiger partial charge in [-0.05, 0) is 12.1 Å². The van der Waals surface area contributed by atoms with Gasteiger partial charge in [-0.1, -0.05) is 36.0 Å². The summed E-state index contributed by atoms with van der Waals surface area (Å²) < 4.78 is 0. The maximum atomic E-state index is 5.98. The van der Waals surface area contributed by atoms with Gasteiger partial charge in [-0.3, -0.25) is 0 Å². The number of hydrogen-bond acceptors (Lipinski definition) is 4. The molecule has 2 heterocycles. The zero-order valence-corrected chi connectivity index (χ0v) is 12.5. The molecule has 0 bridgehead atoms.